The number of benzene rings is 5. The maximum atomic E-state index is 13.1. The molecule has 0 aliphatic heterocycles. The molecule has 5 rings (SSSR count). The Morgan fingerprint density at radius 1 is 0.659 bits per heavy atom. The van der Waals surface area contributed by atoms with Gasteiger partial charge in [-0.05, 0) is 103 Å². The van der Waals surface area contributed by atoms with Gasteiger partial charge in [-0.1, -0.05) is 98.8 Å². The first kappa shape index (κ1) is 33.4. The smallest absolute Gasteiger partial charge is 0.311 e. The number of hydrogen-bond acceptors (Lipinski definition) is 2. The highest BCUT2D eigenvalue weighted by Crippen LogP contribution is 2.56. The van der Waals surface area contributed by atoms with Gasteiger partial charge in [0, 0.05) is 6.42 Å². The van der Waals surface area contributed by atoms with Crippen LogP contribution in [0.1, 0.15) is 56.6 Å². The summed E-state index contributed by atoms with van der Waals surface area (Å²) in [6.07, 6.45) is 4.33. The van der Waals surface area contributed by atoms with Gasteiger partial charge in [-0.15, -0.1) is 0 Å². The summed E-state index contributed by atoms with van der Waals surface area (Å²) in [5, 5.41) is 4.21. The molecule has 0 bridgehead atoms. The van der Waals surface area contributed by atoms with Crippen LogP contribution in [0, 0.1) is 6.92 Å². The summed E-state index contributed by atoms with van der Waals surface area (Å²) in [5.41, 5.74) is 4.55. The molecule has 0 spiro atoms. The monoisotopic (exact) mass is 664 g/mol. The van der Waals surface area contributed by atoms with Gasteiger partial charge in [0.1, 0.15) is 28.9 Å². The number of ether oxygens (including phenoxy) is 1. The molecule has 226 valence electrons. The van der Waals surface area contributed by atoms with E-state index < -0.39 is 7.26 Å². The van der Waals surface area contributed by atoms with Gasteiger partial charge < -0.3 is 21.7 Å². The second kappa shape index (κ2) is 16.0. The third kappa shape index (κ3) is 7.76. The van der Waals surface area contributed by atoms with Crippen molar-refractivity contribution >= 4 is 29.1 Å². The normalized spacial score (nSPS) is 11.2. The van der Waals surface area contributed by atoms with E-state index in [1.807, 2.05) is 12.1 Å². The van der Waals surface area contributed by atoms with E-state index in [0.29, 0.717) is 12.2 Å². The van der Waals surface area contributed by atoms with Crippen molar-refractivity contribution in [2.45, 2.75) is 52.4 Å². The fourth-order valence-corrected chi connectivity index (χ4v) is 10.4. The van der Waals surface area contributed by atoms with E-state index in [1.165, 1.54) is 27.0 Å². The fraction of sp³-hybridized carbons (Fsp3) is 0.225. The summed E-state index contributed by atoms with van der Waals surface area (Å²) >= 11 is 0. The third-order valence-corrected chi connectivity index (χ3v) is 12.8. The predicted octanol–water partition coefficient (Wildman–Crippen LogP) is 6.25. The average Bonchev–Trinajstić information content (AvgIpc) is 3.04. The quantitative estimate of drug-likeness (QED) is 0.0682. The highest BCUT2D eigenvalue weighted by atomic mass is 79.9. The van der Waals surface area contributed by atoms with E-state index in [-0.39, 0.29) is 28.9 Å². The zero-order chi connectivity index (χ0) is 30.1. The average molecular weight is 666 g/mol. The van der Waals surface area contributed by atoms with Gasteiger partial charge in [0.15, 0.2) is 0 Å². The Hall–Kier alpha value is -3.52. The maximum Gasteiger partial charge on any atom is 0.311 e. The van der Waals surface area contributed by atoms with Crippen LogP contribution < -0.4 is 37.6 Å². The number of halogens is 1. The van der Waals surface area contributed by atoms with Gasteiger partial charge in [0.25, 0.3) is 0 Å². The molecular formula is C40H42BrO2P. The van der Waals surface area contributed by atoms with Crippen LogP contribution in [0.5, 0.6) is 5.75 Å². The molecule has 4 heteroatoms. The van der Waals surface area contributed by atoms with Crippen LogP contribution in [-0.4, -0.2) is 12.1 Å². The lowest BCUT2D eigenvalue weighted by atomic mass is 9.93. The Morgan fingerprint density at radius 2 is 1.14 bits per heavy atom. The molecule has 0 fully saturated rings. The van der Waals surface area contributed by atoms with E-state index in [9.17, 15) is 4.79 Å². The molecule has 0 atom stereocenters. The van der Waals surface area contributed by atoms with Crippen molar-refractivity contribution in [1.29, 1.82) is 0 Å². The van der Waals surface area contributed by atoms with Gasteiger partial charge >= 0.3 is 5.97 Å². The summed E-state index contributed by atoms with van der Waals surface area (Å²) in [7, 11) is -1.84. The number of aryl methyl sites for hydroxylation is 1. The van der Waals surface area contributed by atoms with Crippen LogP contribution in [0.2, 0.25) is 0 Å². The van der Waals surface area contributed by atoms with Crippen molar-refractivity contribution in [1.82, 2.24) is 0 Å². The number of hydrogen-bond donors (Lipinski definition) is 0. The molecule has 5 aromatic carbocycles. The minimum atomic E-state index is -1.84. The van der Waals surface area contributed by atoms with E-state index in [2.05, 4.69) is 142 Å². The SMILES string of the molecule is Cc1cc(OC(=O)CCCCC[P+](c2ccccc2)(c2ccccc2)c2ccccc2)c(C(C)C)cc1-c1ccccc1.[Br-]. The van der Waals surface area contributed by atoms with Crippen molar-refractivity contribution in [2.75, 3.05) is 6.16 Å². The van der Waals surface area contributed by atoms with Crippen molar-refractivity contribution in [3.05, 3.63) is 145 Å². The van der Waals surface area contributed by atoms with Crippen LogP contribution >= 0.6 is 7.26 Å². The second-order valence-corrected chi connectivity index (χ2v) is 15.2. The molecule has 0 saturated carbocycles. The van der Waals surface area contributed by atoms with Crippen molar-refractivity contribution < 1.29 is 26.5 Å². The zero-order valence-corrected chi connectivity index (χ0v) is 28.4. The topological polar surface area (TPSA) is 26.3 Å². The Labute approximate surface area is 274 Å². The molecule has 0 heterocycles. The van der Waals surface area contributed by atoms with E-state index in [1.54, 1.807) is 0 Å². The molecule has 44 heavy (non-hydrogen) atoms. The number of carbonyl (C=O) groups is 1. The summed E-state index contributed by atoms with van der Waals surface area (Å²) in [5.74, 6) is 0.792. The molecule has 0 amide bonds. The fourth-order valence-electron chi connectivity index (χ4n) is 6.02. The Bertz CT molecular complexity index is 1510. The first-order valence-electron chi connectivity index (χ1n) is 15.4. The van der Waals surface area contributed by atoms with Gasteiger partial charge in [-0.3, -0.25) is 4.79 Å². The van der Waals surface area contributed by atoms with Crippen molar-refractivity contribution in [3.63, 3.8) is 0 Å². The van der Waals surface area contributed by atoms with E-state index in [4.69, 9.17) is 4.74 Å². The maximum absolute atomic E-state index is 13.1. The Morgan fingerprint density at radius 3 is 1.61 bits per heavy atom. The zero-order valence-electron chi connectivity index (χ0n) is 26.0. The first-order valence-corrected chi connectivity index (χ1v) is 17.4. The standard InChI is InChI=1S/C40H42O2P.BrH/c1-31(2)37-30-38(33-19-9-4-10-20-33)32(3)29-39(37)42-40(41)27-17-8-18-28-43(34-21-11-5-12-22-34,35-23-13-6-14-24-35)36-25-15-7-16-26-36;/h4-7,9-16,19-26,29-31H,8,17-18,27-28H2,1-3H3;1H/q+1;/p-1. The number of esters is 1. The van der Waals surface area contributed by atoms with E-state index >= 15 is 0 Å². The number of unbranched alkanes of at least 4 members (excludes halogenated alkanes) is 2. The van der Waals surface area contributed by atoms with E-state index in [0.717, 1.165) is 36.6 Å². The lowest BCUT2D eigenvalue weighted by molar-refractivity contribution is -0.134. The summed E-state index contributed by atoms with van der Waals surface area (Å²) in [6, 6.07) is 47.6. The van der Waals surface area contributed by atoms with Crippen molar-refractivity contribution in [3.8, 4) is 16.9 Å². The van der Waals surface area contributed by atoms with Crippen LogP contribution in [0.3, 0.4) is 0 Å². The molecular weight excluding hydrogens is 623 g/mol. The number of carbonyl (C=O) groups excluding carboxylic acids is 1. The molecule has 5 aromatic rings. The predicted molar refractivity (Wildman–Crippen MR) is 185 cm³/mol. The van der Waals surface area contributed by atoms with Crippen molar-refractivity contribution in [2.24, 2.45) is 0 Å². The van der Waals surface area contributed by atoms with Gasteiger partial charge in [0.2, 0.25) is 0 Å². The van der Waals surface area contributed by atoms with Gasteiger partial charge in [0.05, 0.1) is 6.16 Å². The summed E-state index contributed by atoms with van der Waals surface area (Å²) in [4.78, 5) is 13.1. The minimum absolute atomic E-state index is 0. The molecule has 0 aliphatic carbocycles. The van der Waals surface area contributed by atoms with Crippen LogP contribution in [-0.2, 0) is 4.79 Å². The molecule has 0 saturated heterocycles. The third-order valence-electron chi connectivity index (χ3n) is 8.25. The van der Waals surface area contributed by atoms with Gasteiger partial charge in [-0.2, -0.15) is 0 Å². The summed E-state index contributed by atoms with van der Waals surface area (Å²) in [6.45, 7) is 6.39. The highest BCUT2D eigenvalue weighted by Gasteiger charge is 2.44. The molecule has 0 N–H and O–H groups in total. The molecule has 0 aliphatic rings. The lowest BCUT2D eigenvalue weighted by Crippen LogP contribution is -3.00. The van der Waals surface area contributed by atoms with Crippen LogP contribution in [0.25, 0.3) is 11.1 Å². The lowest BCUT2D eigenvalue weighted by Gasteiger charge is -2.27. The molecule has 2 nitrogen and oxygen atoms in total. The second-order valence-electron chi connectivity index (χ2n) is 11.6. The number of rotatable bonds is 12. The summed E-state index contributed by atoms with van der Waals surface area (Å²) < 4.78 is 6.00. The largest absolute Gasteiger partial charge is 1.00 e. The minimum Gasteiger partial charge on any atom is -1.00 e. The van der Waals surface area contributed by atoms with Gasteiger partial charge in [-0.25, -0.2) is 0 Å². The first-order chi connectivity index (χ1) is 21.0. The Kier molecular flexibility index (Phi) is 12.1. The van der Waals surface area contributed by atoms with Crippen LogP contribution in [0.4, 0.5) is 0 Å². The molecule has 0 aromatic heterocycles. The van der Waals surface area contributed by atoms with Crippen LogP contribution in [0.15, 0.2) is 133 Å². The highest BCUT2D eigenvalue weighted by molar-refractivity contribution is 7.95. The molecule has 0 unspecified atom stereocenters. The molecule has 0 radical (unpaired) electrons. The Balaban J connectivity index is 0.00000442.